The normalized spacial score (nSPS) is 33.3. The third-order valence-corrected chi connectivity index (χ3v) is 4.25. The molecular weight excluding hydrogens is 228 g/mol. The first-order chi connectivity index (χ1) is 8.66. The molecule has 2 atom stereocenters. The maximum Gasteiger partial charge on any atom is 0.223 e. The average molecular weight is 250 g/mol. The number of nitrogens with one attached hydrogen (secondary N) is 1. The molecule has 5 heteroatoms. The number of hydrogen-bond donors (Lipinski definition) is 1. The molecule has 0 aromatic carbocycles. The number of aromatic nitrogens is 2. The maximum atomic E-state index is 5.12. The van der Waals surface area contributed by atoms with Gasteiger partial charge >= 0.3 is 0 Å². The monoisotopic (exact) mass is 250 g/mol. The first-order valence-electron chi connectivity index (χ1n) is 6.91. The lowest BCUT2D eigenvalue weighted by Gasteiger charge is -2.31. The SMILES string of the molecule is Cc1nc(C2CCCN2CC2(C)CCNC2)no1. The van der Waals surface area contributed by atoms with E-state index in [1.54, 1.807) is 0 Å². The minimum absolute atomic E-state index is 0.361. The van der Waals surface area contributed by atoms with Gasteiger partial charge in [-0.25, -0.2) is 0 Å². The lowest BCUT2D eigenvalue weighted by molar-refractivity contribution is 0.159. The Labute approximate surface area is 108 Å². The minimum atomic E-state index is 0.361. The fraction of sp³-hybridized carbons (Fsp3) is 0.846. The zero-order chi connectivity index (χ0) is 12.6. The van der Waals surface area contributed by atoms with E-state index in [0.29, 0.717) is 17.3 Å². The molecule has 2 aliphatic rings. The molecule has 2 aliphatic heterocycles. The van der Waals surface area contributed by atoms with Crippen molar-refractivity contribution in [3.8, 4) is 0 Å². The van der Waals surface area contributed by atoms with Crippen molar-refractivity contribution in [2.45, 2.75) is 39.2 Å². The average Bonchev–Trinajstić information content (AvgIpc) is 3.01. The van der Waals surface area contributed by atoms with Gasteiger partial charge in [0.25, 0.3) is 0 Å². The maximum absolute atomic E-state index is 5.12. The molecule has 0 saturated carbocycles. The van der Waals surface area contributed by atoms with E-state index in [0.717, 1.165) is 38.4 Å². The van der Waals surface area contributed by atoms with E-state index in [2.05, 4.69) is 27.3 Å². The second kappa shape index (κ2) is 4.63. The summed E-state index contributed by atoms with van der Waals surface area (Å²) < 4.78 is 5.12. The van der Waals surface area contributed by atoms with Gasteiger partial charge in [-0.1, -0.05) is 12.1 Å². The van der Waals surface area contributed by atoms with Gasteiger partial charge in [0.2, 0.25) is 5.89 Å². The summed E-state index contributed by atoms with van der Waals surface area (Å²) in [7, 11) is 0. The van der Waals surface area contributed by atoms with Gasteiger partial charge in [0.05, 0.1) is 6.04 Å². The number of hydrogen-bond acceptors (Lipinski definition) is 5. The van der Waals surface area contributed by atoms with Crippen LogP contribution in [0.15, 0.2) is 4.52 Å². The van der Waals surface area contributed by atoms with Crippen LogP contribution in [0.5, 0.6) is 0 Å². The summed E-state index contributed by atoms with van der Waals surface area (Å²) >= 11 is 0. The Morgan fingerprint density at radius 3 is 3.11 bits per heavy atom. The second-order valence-electron chi connectivity index (χ2n) is 6.04. The van der Waals surface area contributed by atoms with Gasteiger partial charge in [0, 0.05) is 20.0 Å². The highest BCUT2D eigenvalue weighted by atomic mass is 16.5. The highest BCUT2D eigenvalue weighted by Crippen LogP contribution is 2.35. The Morgan fingerprint density at radius 1 is 1.56 bits per heavy atom. The molecule has 1 aromatic heterocycles. The highest BCUT2D eigenvalue weighted by molar-refractivity contribution is 4.99. The molecule has 5 nitrogen and oxygen atoms in total. The largest absolute Gasteiger partial charge is 0.340 e. The van der Waals surface area contributed by atoms with Crippen molar-refractivity contribution in [3.63, 3.8) is 0 Å². The summed E-state index contributed by atoms with van der Waals surface area (Å²) in [6.07, 6.45) is 3.66. The van der Waals surface area contributed by atoms with Gasteiger partial charge < -0.3 is 9.84 Å². The molecule has 0 bridgehead atoms. The van der Waals surface area contributed by atoms with Crippen LogP contribution >= 0.6 is 0 Å². The summed E-state index contributed by atoms with van der Waals surface area (Å²) in [4.78, 5) is 6.94. The quantitative estimate of drug-likeness (QED) is 0.881. The molecule has 1 aromatic rings. The van der Waals surface area contributed by atoms with E-state index in [1.807, 2.05) is 6.92 Å². The standard InChI is InChI=1S/C13H22N4O/c1-10-15-12(16-18-10)11-4-3-7-17(11)9-13(2)5-6-14-8-13/h11,14H,3-9H2,1-2H3. The fourth-order valence-corrected chi connectivity index (χ4v) is 3.25. The van der Waals surface area contributed by atoms with Crippen LogP contribution in [-0.2, 0) is 0 Å². The molecule has 18 heavy (non-hydrogen) atoms. The number of nitrogens with zero attached hydrogens (tertiary/aromatic N) is 3. The molecule has 1 N–H and O–H groups in total. The molecule has 100 valence electrons. The number of rotatable bonds is 3. The second-order valence-corrected chi connectivity index (χ2v) is 6.04. The molecule has 0 amide bonds. The molecule has 2 fully saturated rings. The lowest BCUT2D eigenvalue weighted by atomic mass is 9.89. The van der Waals surface area contributed by atoms with Crippen LogP contribution in [0.1, 0.15) is 43.9 Å². The van der Waals surface area contributed by atoms with E-state index < -0.39 is 0 Å². The van der Waals surface area contributed by atoms with Gasteiger partial charge in [-0.05, 0) is 37.8 Å². The number of likely N-dealkylation sites (tertiary alicyclic amines) is 1. The fourth-order valence-electron chi connectivity index (χ4n) is 3.25. The zero-order valence-electron chi connectivity index (χ0n) is 11.3. The van der Waals surface area contributed by atoms with E-state index in [4.69, 9.17) is 4.52 Å². The Balaban J connectivity index is 1.71. The topological polar surface area (TPSA) is 54.2 Å². The molecule has 2 saturated heterocycles. The summed E-state index contributed by atoms with van der Waals surface area (Å²) in [5.41, 5.74) is 0.404. The number of aryl methyl sites for hydroxylation is 1. The molecule has 0 spiro atoms. The summed E-state index contributed by atoms with van der Waals surface area (Å²) in [5.74, 6) is 1.55. The summed E-state index contributed by atoms with van der Waals surface area (Å²) in [6, 6.07) is 0.361. The van der Waals surface area contributed by atoms with E-state index in [1.165, 1.54) is 12.8 Å². The van der Waals surface area contributed by atoms with Crippen LogP contribution in [0, 0.1) is 12.3 Å². The summed E-state index contributed by atoms with van der Waals surface area (Å²) in [5, 5.41) is 7.57. The van der Waals surface area contributed by atoms with Crippen LogP contribution in [0.2, 0.25) is 0 Å². The zero-order valence-corrected chi connectivity index (χ0v) is 11.3. The van der Waals surface area contributed by atoms with Crippen molar-refractivity contribution in [3.05, 3.63) is 11.7 Å². The van der Waals surface area contributed by atoms with Crippen molar-refractivity contribution in [1.82, 2.24) is 20.4 Å². The van der Waals surface area contributed by atoms with Crippen molar-refractivity contribution < 1.29 is 4.52 Å². The van der Waals surface area contributed by atoms with Gasteiger partial charge in [0.1, 0.15) is 0 Å². The molecular formula is C13H22N4O. The van der Waals surface area contributed by atoms with Crippen LogP contribution in [0.3, 0.4) is 0 Å². The Morgan fingerprint density at radius 2 is 2.44 bits per heavy atom. The van der Waals surface area contributed by atoms with Gasteiger partial charge in [-0.15, -0.1) is 0 Å². The lowest BCUT2D eigenvalue weighted by Crippen LogP contribution is -2.37. The molecule has 0 radical (unpaired) electrons. The predicted molar refractivity (Wildman–Crippen MR) is 68.2 cm³/mol. The van der Waals surface area contributed by atoms with Crippen LogP contribution < -0.4 is 5.32 Å². The minimum Gasteiger partial charge on any atom is -0.340 e. The Kier molecular flexibility index (Phi) is 3.11. The smallest absolute Gasteiger partial charge is 0.223 e. The van der Waals surface area contributed by atoms with Gasteiger partial charge in [-0.3, -0.25) is 4.90 Å². The molecule has 0 aliphatic carbocycles. The first kappa shape index (κ1) is 12.1. The predicted octanol–water partition coefficient (Wildman–Crippen LogP) is 1.51. The van der Waals surface area contributed by atoms with Gasteiger partial charge in [0.15, 0.2) is 5.82 Å². The van der Waals surface area contributed by atoms with Crippen LogP contribution in [0.4, 0.5) is 0 Å². The van der Waals surface area contributed by atoms with Crippen LogP contribution in [0.25, 0.3) is 0 Å². The summed E-state index contributed by atoms with van der Waals surface area (Å²) in [6.45, 7) is 8.81. The van der Waals surface area contributed by atoms with Crippen LogP contribution in [-0.4, -0.2) is 41.2 Å². The Bertz CT molecular complexity index is 411. The molecule has 3 heterocycles. The first-order valence-corrected chi connectivity index (χ1v) is 6.91. The van der Waals surface area contributed by atoms with Gasteiger partial charge in [-0.2, -0.15) is 4.98 Å². The van der Waals surface area contributed by atoms with Crippen molar-refractivity contribution in [2.24, 2.45) is 5.41 Å². The molecule has 2 unspecified atom stereocenters. The van der Waals surface area contributed by atoms with Crippen molar-refractivity contribution >= 4 is 0 Å². The van der Waals surface area contributed by atoms with E-state index in [9.17, 15) is 0 Å². The van der Waals surface area contributed by atoms with E-state index >= 15 is 0 Å². The molecule has 3 rings (SSSR count). The van der Waals surface area contributed by atoms with E-state index in [-0.39, 0.29) is 0 Å². The highest BCUT2D eigenvalue weighted by Gasteiger charge is 2.36. The third-order valence-electron chi connectivity index (χ3n) is 4.25. The Hall–Kier alpha value is -0.940. The van der Waals surface area contributed by atoms with Crippen molar-refractivity contribution in [1.29, 1.82) is 0 Å². The van der Waals surface area contributed by atoms with Crippen molar-refractivity contribution in [2.75, 3.05) is 26.2 Å². The third kappa shape index (κ3) is 2.29.